The summed E-state index contributed by atoms with van der Waals surface area (Å²) in [4.78, 5) is 14.7. The van der Waals surface area contributed by atoms with Crippen LogP contribution in [0.4, 0.5) is 0 Å². The van der Waals surface area contributed by atoms with Crippen molar-refractivity contribution in [3.63, 3.8) is 0 Å². The largest absolute Gasteiger partial charge is 0.496 e. The molecule has 1 aromatic rings. The van der Waals surface area contributed by atoms with Gasteiger partial charge in [0.2, 0.25) is 0 Å². The van der Waals surface area contributed by atoms with Crippen LogP contribution in [0.5, 0.6) is 5.75 Å². The zero-order chi connectivity index (χ0) is 15.9. The van der Waals surface area contributed by atoms with E-state index in [1.165, 1.54) is 25.8 Å². The number of nitrogens with zero attached hydrogens (tertiary/aromatic N) is 1. The summed E-state index contributed by atoms with van der Waals surface area (Å²) in [7, 11) is 1.63. The molecule has 22 heavy (non-hydrogen) atoms. The van der Waals surface area contributed by atoms with E-state index in [1.54, 1.807) is 13.2 Å². The van der Waals surface area contributed by atoms with Gasteiger partial charge in [0.05, 0.1) is 7.11 Å². The van der Waals surface area contributed by atoms with Gasteiger partial charge in [-0.1, -0.05) is 12.5 Å². The van der Waals surface area contributed by atoms with Crippen molar-refractivity contribution in [2.75, 3.05) is 26.7 Å². The van der Waals surface area contributed by atoms with Gasteiger partial charge in [0, 0.05) is 24.7 Å². The molecule has 0 unspecified atom stereocenters. The fourth-order valence-corrected chi connectivity index (χ4v) is 3.04. The summed E-state index contributed by atoms with van der Waals surface area (Å²) >= 11 is 0. The van der Waals surface area contributed by atoms with E-state index in [9.17, 15) is 4.79 Å². The van der Waals surface area contributed by atoms with Crippen LogP contribution >= 0.6 is 0 Å². The van der Waals surface area contributed by atoms with Gasteiger partial charge in [-0.3, -0.25) is 4.79 Å². The number of ether oxygens (including phenoxy) is 1. The highest BCUT2D eigenvalue weighted by Gasteiger charge is 2.17. The number of hydrogen-bond donors (Lipinski definition) is 1. The summed E-state index contributed by atoms with van der Waals surface area (Å²) in [6.07, 6.45) is 4.96. The molecule has 1 aliphatic rings. The molecule has 1 fully saturated rings. The van der Waals surface area contributed by atoms with Gasteiger partial charge in [-0.15, -0.1) is 0 Å². The molecule has 0 spiro atoms. The number of methoxy groups -OCH3 is 1. The molecule has 4 heteroatoms. The lowest BCUT2D eigenvalue weighted by Gasteiger charge is -2.33. The van der Waals surface area contributed by atoms with Crippen LogP contribution in [0.15, 0.2) is 18.2 Å². The van der Waals surface area contributed by atoms with Crippen molar-refractivity contribution < 1.29 is 9.53 Å². The van der Waals surface area contributed by atoms with Crippen molar-refractivity contribution in [1.29, 1.82) is 0 Å². The van der Waals surface area contributed by atoms with E-state index in [4.69, 9.17) is 4.74 Å². The summed E-state index contributed by atoms with van der Waals surface area (Å²) in [5, 5.41) is 3.00. The lowest BCUT2D eigenvalue weighted by molar-refractivity contribution is 0.0948. The van der Waals surface area contributed by atoms with Crippen LogP contribution < -0.4 is 10.1 Å². The van der Waals surface area contributed by atoms with E-state index in [2.05, 4.69) is 17.1 Å². The fraction of sp³-hybridized carbons (Fsp3) is 0.611. The quantitative estimate of drug-likeness (QED) is 0.822. The topological polar surface area (TPSA) is 41.6 Å². The van der Waals surface area contributed by atoms with Crippen molar-refractivity contribution in [1.82, 2.24) is 10.2 Å². The predicted octanol–water partition coefficient (Wildman–Crippen LogP) is 3.00. The summed E-state index contributed by atoms with van der Waals surface area (Å²) in [5.41, 5.74) is 1.70. The average molecular weight is 304 g/mol. The molecule has 0 bridgehead atoms. The average Bonchev–Trinajstić information content (AvgIpc) is 2.53. The smallest absolute Gasteiger partial charge is 0.251 e. The Morgan fingerprint density at radius 1 is 1.41 bits per heavy atom. The maximum atomic E-state index is 12.2. The Labute approximate surface area is 133 Å². The monoisotopic (exact) mass is 304 g/mol. The van der Waals surface area contributed by atoms with E-state index < -0.39 is 0 Å². The highest BCUT2D eigenvalue weighted by molar-refractivity contribution is 5.94. The van der Waals surface area contributed by atoms with Gasteiger partial charge in [0.1, 0.15) is 5.75 Å². The van der Waals surface area contributed by atoms with Crippen molar-refractivity contribution in [3.8, 4) is 5.75 Å². The minimum absolute atomic E-state index is 0.0232. The van der Waals surface area contributed by atoms with Crippen LogP contribution in [0.25, 0.3) is 0 Å². The molecule has 1 N–H and O–H groups in total. The molecule has 0 aromatic heterocycles. The molecule has 1 atom stereocenters. The fourth-order valence-electron chi connectivity index (χ4n) is 3.04. The normalized spacial score (nSPS) is 19.0. The predicted molar refractivity (Wildman–Crippen MR) is 89.6 cm³/mol. The van der Waals surface area contributed by atoms with Crippen LogP contribution in [-0.4, -0.2) is 43.6 Å². The molecular weight excluding hydrogens is 276 g/mol. The molecular formula is C18H28N2O2. The van der Waals surface area contributed by atoms with Crippen LogP contribution in [0, 0.1) is 6.92 Å². The van der Waals surface area contributed by atoms with Gasteiger partial charge in [-0.05, 0) is 57.4 Å². The minimum Gasteiger partial charge on any atom is -0.496 e. The number of nitrogens with one attached hydrogen (secondary N) is 1. The Hall–Kier alpha value is -1.55. The number of piperidine rings is 1. The Kier molecular flexibility index (Phi) is 6.25. The van der Waals surface area contributed by atoms with E-state index in [1.807, 2.05) is 19.1 Å². The Bertz CT molecular complexity index is 502. The third kappa shape index (κ3) is 4.47. The van der Waals surface area contributed by atoms with E-state index >= 15 is 0 Å². The zero-order valence-corrected chi connectivity index (χ0v) is 14.0. The summed E-state index contributed by atoms with van der Waals surface area (Å²) in [5.74, 6) is 0.736. The Morgan fingerprint density at radius 2 is 2.23 bits per heavy atom. The van der Waals surface area contributed by atoms with Gasteiger partial charge in [0.25, 0.3) is 5.91 Å². The first-order valence-electron chi connectivity index (χ1n) is 8.28. The molecule has 0 saturated carbocycles. The van der Waals surface area contributed by atoms with Crippen molar-refractivity contribution >= 4 is 5.91 Å². The molecule has 1 aromatic carbocycles. The first kappa shape index (κ1) is 16.8. The van der Waals surface area contributed by atoms with E-state index in [-0.39, 0.29) is 5.91 Å². The standard InChI is InChI=1S/C18H28N2O2/c1-14-8-9-16(13-17(14)22-3)18(21)19-10-6-12-20-11-5-4-7-15(20)2/h8-9,13,15H,4-7,10-12H2,1-3H3,(H,19,21)/t15-/m0/s1. The van der Waals surface area contributed by atoms with Crippen molar-refractivity contribution in [3.05, 3.63) is 29.3 Å². The molecule has 1 aliphatic heterocycles. The lowest BCUT2D eigenvalue weighted by Crippen LogP contribution is -2.39. The number of carbonyl (C=O) groups excluding carboxylic acids is 1. The third-order valence-corrected chi connectivity index (χ3v) is 4.52. The van der Waals surface area contributed by atoms with Crippen LogP contribution in [0.3, 0.4) is 0 Å². The molecule has 1 heterocycles. The molecule has 1 saturated heterocycles. The van der Waals surface area contributed by atoms with Crippen molar-refractivity contribution in [2.24, 2.45) is 0 Å². The molecule has 1 amide bonds. The number of hydrogen-bond acceptors (Lipinski definition) is 3. The van der Waals surface area contributed by atoms with E-state index in [0.29, 0.717) is 11.6 Å². The van der Waals surface area contributed by atoms with Gasteiger partial charge in [-0.2, -0.15) is 0 Å². The molecule has 0 radical (unpaired) electrons. The minimum atomic E-state index is -0.0232. The first-order chi connectivity index (χ1) is 10.6. The molecule has 4 nitrogen and oxygen atoms in total. The highest BCUT2D eigenvalue weighted by atomic mass is 16.5. The van der Waals surface area contributed by atoms with Gasteiger partial charge >= 0.3 is 0 Å². The second-order valence-electron chi connectivity index (χ2n) is 6.17. The SMILES string of the molecule is COc1cc(C(=O)NCCCN2CCCC[C@@H]2C)ccc1C. The lowest BCUT2D eigenvalue weighted by atomic mass is 10.0. The van der Waals surface area contributed by atoms with Gasteiger partial charge < -0.3 is 15.0 Å². The highest BCUT2D eigenvalue weighted by Crippen LogP contribution is 2.19. The van der Waals surface area contributed by atoms with Crippen LogP contribution in [-0.2, 0) is 0 Å². The molecule has 2 rings (SSSR count). The van der Waals surface area contributed by atoms with Crippen LogP contribution in [0.1, 0.15) is 48.5 Å². The number of likely N-dealkylation sites (tertiary alicyclic amines) is 1. The first-order valence-corrected chi connectivity index (χ1v) is 8.28. The third-order valence-electron chi connectivity index (χ3n) is 4.52. The second kappa shape index (κ2) is 8.18. The number of carbonyl (C=O) groups is 1. The maximum Gasteiger partial charge on any atom is 0.251 e. The Balaban J connectivity index is 1.75. The van der Waals surface area contributed by atoms with E-state index in [0.717, 1.165) is 30.8 Å². The number of aryl methyl sites for hydroxylation is 1. The summed E-state index contributed by atoms with van der Waals surface area (Å²) < 4.78 is 5.27. The summed E-state index contributed by atoms with van der Waals surface area (Å²) in [6.45, 7) is 7.26. The summed E-state index contributed by atoms with van der Waals surface area (Å²) in [6, 6.07) is 6.26. The zero-order valence-electron chi connectivity index (χ0n) is 14.0. The number of rotatable bonds is 6. The molecule has 0 aliphatic carbocycles. The second-order valence-corrected chi connectivity index (χ2v) is 6.17. The van der Waals surface area contributed by atoms with Crippen LogP contribution in [0.2, 0.25) is 0 Å². The maximum absolute atomic E-state index is 12.2. The number of benzene rings is 1. The Morgan fingerprint density at radius 3 is 2.95 bits per heavy atom. The number of amides is 1. The molecule has 122 valence electrons. The van der Waals surface area contributed by atoms with Gasteiger partial charge in [0.15, 0.2) is 0 Å². The van der Waals surface area contributed by atoms with Crippen molar-refractivity contribution in [2.45, 2.75) is 45.6 Å². The van der Waals surface area contributed by atoms with Gasteiger partial charge in [-0.25, -0.2) is 0 Å².